The number of anilines is 1. The molecule has 0 radical (unpaired) electrons. The Kier molecular flexibility index (Phi) is 5.66. The highest BCUT2D eigenvalue weighted by Crippen LogP contribution is 2.15. The molecule has 7 heteroatoms. The molecule has 1 aromatic heterocycles. The maximum Gasteiger partial charge on any atom is 0.347 e. The van der Waals surface area contributed by atoms with Crippen molar-refractivity contribution in [3.63, 3.8) is 0 Å². The molecule has 0 saturated carbocycles. The number of hydrogen-bond acceptors (Lipinski definition) is 5. The lowest BCUT2D eigenvalue weighted by Crippen LogP contribution is -2.05. The Morgan fingerprint density at radius 3 is 2.77 bits per heavy atom. The summed E-state index contributed by atoms with van der Waals surface area (Å²) in [5, 5.41) is 7.26. The Bertz CT molecular complexity index is 646. The second-order valence-electron chi connectivity index (χ2n) is 4.92. The van der Waals surface area contributed by atoms with Gasteiger partial charge in [-0.25, -0.2) is 4.39 Å². The van der Waals surface area contributed by atoms with Crippen LogP contribution in [0.2, 0.25) is 5.02 Å². The SMILES string of the molecule is CC(C)/C=N/Oc1ncc(F)c(NCc2ccc(Cl)cc2)n1. The van der Waals surface area contributed by atoms with Crippen molar-refractivity contribution < 1.29 is 9.23 Å². The number of oxime groups is 1. The van der Waals surface area contributed by atoms with Crippen LogP contribution in [0.4, 0.5) is 10.2 Å². The molecule has 2 aromatic rings. The van der Waals surface area contributed by atoms with Gasteiger partial charge >= 0.3 is 6.01 Å². The van der Waals surface area contributed by atoms with Crippen molar-refractivity contribution in [1.29, 1.82) is 0 Å². The minimum atomic E-state index is -0.561. The van der Waals surface area contributed by atoms with Crippen molar-refractivity contribution in [3.8, 4) is 6.01 Å². The molecule has 0 bridgehead atoms. The topological polar surface area (TPSA) is 59.4 Å². The molecule has 0 amide bonds. The van der Waals surface area contributed by atoms with Gasteiger partial charge in [0.05, 0.1) is 6.20 Å². The Morgan fingerprint density at radius 1 is 1.36 bits per heavy atom. The molecule has 2 rings (SSSR count). The molecule has 0 fully saturated rings. The van der Waals surface area contributed by atoms with Crippen molar-refractivity contribution in [2.75, 3.05) is 5.32 Å². The van der Waals surface area contributed by atoms with Gasteiger partial charge in [-0.3, -0.25) is 0 Å². The van der Waals surface area contributed by atoms with E-state index >= 15 is 0 Å². The fourth-order valence-corrected chi connectivity index (χ4v) is 1.63. The first kappa shape index (κ1) is 16.2. The monoisotopic (exact) mass is 322 g/mol. The lowest BCUT2D eigenvalue weighted by atomic mass is 10.2. The smallest absolute Gasteiger partial charge is 0.347 e. The quantitative estimate of drug-likeness (QED) is 0.647. The molecule has 1 heterocycles. The third-order valence-electron chi connectivity index (χ3n) is 2.59. The maximum absolute atomic E-state index is 13.7. The van der Waals surface area contributed by atoms with Gasteiger partial charge in [0.25, 0.3) is 0 Å². The summed E-state index contributed by atoms with van der Waals surface area (Å²) in [7, 11) is 0. The molecule has 1 aromatic carbocycles. The van der Waals surface area contributed by atoms with Gasteiger partial charge in [-0.15, -0.1) is 0 Å². The fourth-order valence-electron chi connectivity index (χ4n) is 1.51. The number of aromatic nitrogens is 2. The van der Waals surface area contributed by atoms with Crippen LogP contribution in [0.25, 0.3) is 0 Å². The highest BCUT2D eigenvalue weighted by atomic mass is 35.5. The molecular weight excluding hydrogens is 307 g/mol. The van der Waals surface area contributed by atoms with Crippen molar-refractivity contribution in [2.24, 2.45) is 11.1 Å². The van der Waals surface area contributed by atoms with E-state index in [1.807, 2.05) is 26.0 Å². The Labute approximate surface area is 133 Å². The van der Waals surface area contributed by atoms with Gasteiger partial charge in [0.15, 0.2) is 11.6 Å². The minimum absolute atomic E-state index is 0.0168. The average Bonchev–Trinajstić information content (AvgIpc) is 2.49. The molecule has 0 spiro atoms. The van der Waals surface area contributed by atoms with Crippen LogP contribution in [0.3, 0.4) is 0 Å². The number of benzene rings is 1. The van der Waals surface area contributed by atoms with Gasteiger partial charge in [0.1, 0.15) is 0 Å². The van der Waals surface area contributed by atoms with Crippen LogP contribution in [-0.2, 0) is 6.54 Å². The Hall–Kier alpha value is -2.21. The lowest BCUT2D eigenvalue weighted by Gasteiger charge is -2.07. The third-order valence-corrected chi connectivity index (χ3v) is 2.84. The molecular formula is C15H16ClFN4O. The summed E-state index contributed by atoms with van der Waals surface area (Å²) in [6.45, 7) is 4.31. The van der Waals surface area contributed by atoms with Crippen LogP contribution >= 0.6 is 11.6 Å². The Morgan fingerprint density at radius 2 is 2.09 bits per heavy atom. The van der Waals surface area contributed by atoms with Crippen LogP contribution < -0.4 is 10.2 Å². The number of rotatable bonds is 6. The number of nitrogens with zero attached hydrogens (tertiary/aromatic N) is 3. The van der Waals surface area contributed by atoms with Crippen LogP contribution in [0, 0.1) is 11.7 Å². The summed E-state index contributed by atoms with van der Waals surface area (Å²) in [6, 6.07) is 7.21. The van der Waals surface area contributed by atoms with Crippen LogP contribution in [0.1, 0.15) is 19.4 Å². The van der Waals surface area contributed by atoms with E-state index in [-0.39, 0.29) is 17.7 Å². The van der Waals surface area contributed by atoms with Gasteiger partial charge in [-0.2, -0.15) is 9.97 Å². The standard InChI is InChI=1S/C15H16ClFN4O/c1-10(2)7-20-22-15-19-9-13(17)14(21-15)18-8-11-3-5-12(16)6-4-11/h3-7,9-10H,8H2,1-2H3,(H,18,19,21)/b20-7+. The minimum Gasteiger partial charge on any atom is -0.363 e. The van der Waals surface area contributed by atoms with E-state index in [4.69, 9.17) is 16.4 Å². The predicted molar refractivity (Wildman–Crippen MR) is 84.7 cm³/mol. The second kappa shape index (κ2) is 7.70. The third kappa shape index (κ3) is 4.96. The van der Waals surface area contributed by atoms with Crippen molar-refractivity contribution >= 4 is 23.6 Å². The first-order valence-electron chi connectivity index (χ1n) is 6.76. The zero-order valence-electron chi connectivity index (χ0n) is 12.3. The van der Waals surface area contributed by atoms with E-state index in [1.165, 1.54) is 0 Å². The number of nitrogens with one attached hydrogen (secondary N) is 1. The van der Waals surface area contributed by atoms with Crippen molar-refractivity contribution in [1.82, 2.24) is 9.97 Å². The highest BCUT2D eigenvalue weighted by molar-refractivity contribution is 6.30. The molecule has 0 saturated heterocycles. The van der Waals surface area contributed by atoms with E-state index in [2.05, 4.69) is 20.4 Å². The average molecular weight is 323 g/mol. The lowest BCUT2D eigenvalue weighted by molar-refractivity contribution is 0.311. The number of hydrogen-bond donors (Lipinski definition) is 1. The maximum atomic E-state index is 13.7. The van der Waals surface area contributed by atoms with E-state index in [0.29, 0.717) is 11.6 Å². The second-order valence-corrected chi connectivity index (χ2v) is 5.36. The van der Waals surface area contributed by atoms with E-state index in [1.54, 1.807) is 18.3 Å². The Balaban J connectivity index is 2.01. The zero-order valence-corrected chi connectivity index (χ0v) is 13.0. The van der Waals surface area contributed by atoms with E-state index in [9.17, 15) is 4.39 Å². The van der Waals surface area contributed by atoms with Crippen LogP contribution in [-0.4, -0.2) is 16.2 Å². The highest BCUT2D eigenvalue weighted by Gasteiger charge is 2.08. The largest absolute Gasteiger partial charge is 0.363 e. The van der Waals surface area contributed by atoms with Crippen LogP contribution in [0.15, 0.2) is 35.6 Å². The van der Waals surface area contributed by atoms with Gasteiger partial charge < -0.3 is 10.2 Å². The molecule has 1 N–H and O–H groups in total. The summed E-state index contributed by atoms with van der Waals surface area (Å²) < 4.78 is 13.7. The summed E-state index contributed by atoms with van der Waals surface area (Å²) in [5.41, 5.74) is 0.947. The van der Waals surface area contributed by atoms with Crippen molar-refractivity contribution in [2.45, 2.75) is 20.4 Å². The van der Waals surface area contributed by atoms with Gasteiger partial charge in [0, 0.05) is 17.8 Å². The number of halogens is 2. The fraction of sp³-hybridized carbons (Fsp3) is 0.267. The first-order chi connectivity index (χ1) is 10.5. The summed E-state index contributed by atoms with van der Waals surface area (Å²) >= 11 is 5.81. The summed E-state index contributed by atoms with van der Waals surface area (Å²) in [6.07, 6.45) is 2.64. The predicted octanol–water partition coefficient (Wildman–Crippen LogP) is 3.90. The van der Waals surface area contributed by atoms with E-state index in [0.717, 1.165) is 11.8 Å². The molecule has 0 aliphatic carbocycles. The van der Waals surface area contributed by atoms with Crippen LogP contribution in [0.5, 0.6) is 6.01 Å². The van der Waals surface area contributed by atoms with Gasteiger partial charge in [0.2, 0.25) is 0 Å². The summed E-state index contributed by atoms with van der Waals surface area (Å²) in [4.78, 5) is 12.7. The van der Waals surface area contributed by atoms with Crippen molar-refractivity contribution in [3.05, 3.63) is 46.9 Å². The molecule has 0 unspecified atom stereocenters. The van der Waals surface area contributed by atoms with Gasteiger partial charge in [-0.1, -0.05) is 42.7 Å². The molecule has 22 heavy (non-hydrogen) atoms. The normalized spacial score (nSPS) is 11.1. The molecule has 116 valence electrons. The first-order valence-corrected chi connectivity index (χ1v) is 7.14. The van der Waals surface area contributed by atoms with E-state index < -0.39 is 5.82 Å². The van der Waals surface area contributed by atoms with Gasteiger partial charge in [-0.05, 0) is 23.6 Å². The zero-order chi connectivity index (χ0) is 15.9. The molecule has 0 atom stereocenters. The molecule has 5 nitrogen and oxygen atoms in total. The molecule has 0 aliphatic rings. The summed E-state index contributed by atoms with van der Waals surface area (Å²) in [5.74, 6) is -0.267. The molecule has 0 aliphatic heterocycles.